The van der Waals surface area contributed by atoms with Crippen molar-refractivity contribution in [1.29, 1.82) is 0 Å². The van der Waals surface area contributed by atoms with Crippen molar-refractivity contribution in [3.8, 4) is 11.3 Å². The number of para-hydroxylation sites is 2. The monoisotopic (exact) mass is 534 g/mol. The van der Waals surface area contributed by atoms with Crippen molar-refractivity contribution in [2.45, 2.75) is 38.3 Å². The molecule has 5 aromatic rings. The van der Waals surface area contributed by atoms with E-state index >= 15 is 0 Å². The number of nitrogens with one attached hydrogen (secondary N) is 2. The van der Waals surface area contributed by atoms with Crippen LogP contribution in [0.25, 0.3) is 33.1 Å². The zero-order valence-electron chi connectivity index (χ0n) is 22.0. The van der Waals surface area contributed by atoms with Crippen LogP contribution >= 0.6 is 0 Å². The number of fused-ring (bicyclic) bond motifs is 2. The minimum absolute atomic E-state index is 0.0574. The number of rotatable bonds is 8. The first-order valence-electron chi connectivity index (χ1n) is 13.6. The van der Waals surface area contributed by atoms with Gasteiger partial charge in [0.15, 0.2) is 0 Å². The summed E-state index contributed by atoms with van der Waals surface area (Å²) >= 11 is 0. The van der Waals surface area contributed by atoms with Gasteiger partial charge in [0, 0.05) is 36.9 Å². The molecule has 40 heavy (non-hydrogen) atoms. The fourth-order valence-electron chi connectivity index (χ4n) is 5.43. The summed E-state index contributed by atoms with van der Waals surface area (Å²) in [5, 5.41) is 8.97. The van der Waals surface area contributed by atoms with Gasteiger partial charge in [0.25, 0.3) is 5.56 Å². The van der Waals surface area contributed by atoms with Crippen molar-refractivity contribution >= 4 is 33.6 Å². The molecule has 0 aliphatic carbocycles. The molecule has 2 N–H and O–H groups in total. The van der Waals surface area contributed by atoms with E-state index in [2.05, 4.69) is 20.4 Å². The largest absolute Gasteiger partial charge is 0.352 e. The van der Waals surface area contributed by atoms with Crippen molar-refractivity contribution < 1.29 is 9.59 Å². The molecule has 1 saturated heterocycles. The number of likely N-dealkylation sites (tertiary alicyclic amines) is 1. The Balaban J connectivity index is 1.10. The predicted octanol–water partition coefficient (Wildman–Crippen LogP) is 3.68. The zero-order valence-corrected chi connectivity index (χ0v) is 22.0. The lowest BCUT2D eigenvalue weighted by Crippen LogP contribution is -2.47. The van der Waals surface area contributed by atoms with Gasteiger partial charge in [0.2, 0.25) is 11.8 Å². The lowest BCUT2D eigenvalue weighted by atomic mass is 10.1. The third-order valence-electron chi connectivity index (χ3n) is 7.43. The molecule has 0 radical (unpaired) electrons. The molecule has 0 spiro atoms. The minimum atomic E-state index is -0.510. The Morgan fingerprint density at radius 2 is 1.70 bits per heavy atom. The molecule has 0 saturated carbocycles. The highest BCUT2D eigenvalue weighted by Crippen LogP contribution is 2.24. The molecule has 1 aliphatic heterocycles. The highest BCUT2D eigenvalue weighted by molar-refractivity contribution is 5.93. The van der Waals surface area contributed by atoms with E-state index < -0.39 is 6.04 Å². The second-order valence-corrected chi connectivity index (χ2v) is 10.0. The summed E-state index contributed by atoms with van der Waals surface area (Å²) in [6.07, 6.45) is 2.16. The first-order valence-corrected chi connectivity index (χ1v) is 13.6. The van der Waals surface area contributed by atoms with Crippen molar-refractivity contribution in [2.24, 2.45) is 0 Å². The van der Waals surface area contributed by atoms with E-state index in [0.29, 0.717) is 24.8 Å². The normalized spacial score (nSPS) is 15.1. The third-order valence-corrected chi connectivity index (χ3v) is 7.43. The minimum Gasteiger partial charge on any atom is -0.352 e. The molecular weight excluding hydrogens is 504 g/mol. The van der Waals surface area contributed by atoms with E-state index in [1.165, 1.54) is 4.68 Å². The maximum Gasteiger partial charge on any atom is 0.274 e. The van der Waals surface area contributed by atoms with E-state index in [4.69, 9.17) is 0 Å². The molecule has 1 aliphatic rings. The van der Waals surface area contributed by atoms with E-state index in [1.54, 1.807) is 11.0 Å². The average Bonchev–Trinajstić information content (AvgIpc) is 3.65. The maximum absolute atomic E-state index is 13.2. The number of H-pyrrole nitrogens is 1. The van der Waals surface area contributed by atoms with Gasteiger partial charge < -0.3 is 15.2 Å². The van der Waals surface area contributed by atoms with Crippen LogP contribution < -0.4 is 10.9 Å². The van der Waals surface area contributed by atoms with E-state index in [1.807, 2.05) is 72.8 Å². The Hall–Kier alpha value is -4.79. The summed E-state index contributed by atoms with van der Waals surface area (Å²) in [6.45, 7) is 1.01. The van der Waals surface area contributed by atoms with Crippen LogP contribution in [0.1, 0.15) is 25.1 Å². The van der Waals surface area contributed by atoms with Gasteiger partial charge in [-0.3, -0.25) is 14.4 Å². The fourth-order valence-corrected chi connectivity index (χ4v) is 5.43. The third kappa shape index (κ3) is 5.10. The molecule has 1 atom stereocenters. The number of aromatic nitrogens is 4. The summed E-state index contributed by atoms with van der Waals surface area (Å²) in [5.41, 5.74) is 3.25. The number of aromatic amines is 1. The number of carbonyl (C=O) groups is 2. The van der Waals surface area contributed by atoms with Crippen LogP contribution in [0, 0.1) is 0 Å². The van der Waals surface area contributed by atoms with Crippen LogP contribution in [-0.2, 0) is 22.6 Å². The molecule has 6 rings (SSSR count). The summed E-state index contributed by atoms with van der Waals surface area (Å²) < 4.78 is 1.41. The summed E-state index contributed by atoms with van der Waals surface area (Å²) in [4.78, 5) is 48.8. The highest BCUT2D eigenvalue weighted by Gasteiger charge is 2.33. The van der Waals surface area contributed by atoms with Gasteiger partial charge in [-0.25, -0.2) is 9.67 Å². The highest BCUT2D eigenvalue weighted by atomic mass is 16.2. The fraction of sp³-hybridized carbons (Fsp3) is 0.258. The molecular formula is C31H30N6O3. The second kappa shape index (κ2) is 11.1. The molecule has 2 amide bonds. The number of benzene rings is 3. The number of carbonyl (C=O) groups excluding carboxylic acids is 2. The van der Waals surface area contributed by atoms with Crippen molar-refractivity contribution in [2.75, 3.05) is 13.1 Å². The van der Waals surface area contributed by atoms with Gasteiger partial charge in [0.1, 0.15) is 11.9 Å². The van der Waals surface area contributed by atoms with Gasteiger partial charge in [-0.1, -0.05) is 60.7 Å². The number of nitrogens with zero attached hydrogens (tertiary/aromatic N) is 4. The topological polar surface area (TPSA) is 113 Å². The molecule has 3 aromatic carbocycles. The standard InChI is InChI=1S/C31H30N6O3/c38-28(17-16-27-33-24-13-6-7-14-25(24)34-27)36-19-8-15-26(36)30(39)32-18-20-37-31(40)23-12-5-4-11-22(23)29(35-37)21-9-2-1-3-10-21/h1-7,9-14,26H,8,15-20H2,(H,32,39)(H,33,34)/t26-/m0/s1. The Morgan fingerprint density at radius 3 is 2.52 bits per heavy atom. The molecule has 0 unspecified atom stereocenters. The van der Waals surface area contributed by atoms with Crippen LogP contribution in [0.5, 0.6) is 0 Å². The maximum atomic E-state index is 13.2. The molecule has 9 heteroatoms. The zero-order chi connectivity index (χ0) is 27.5. The second-order valence-electron chi connectivity index (χ2n) is 10.0. The van der Waals surface area contributed by atoms with E-state index in [9.17, 15) is 14.4 Å². The summed E-state index contributed by atoms with van der Waals surface area (Å²) in [5.74, 6) is 0.502. The molecule has 1 fully saturated rings. The Kier molecular flexibility index (Phi) is 7.09. The van der Waals surface area contributed by atoms with E-state index in [-0.39, 0.29) is 36.9 Å². The Bertz CT molecular complexity index is 1710. The number of aryl methyl sites for hydroxylation is 1. The number of imidazole rings is 1. The van der Waals surface area contributed by atoms with Crippen molar-refractivity contribution in [3.05, 3.63) is 95.0 Å². The first kappa shape index (κ1) is 25.5. The number of amides is 2. The predicted molar refractivity (Wildman–Crippen MR) is 154 cm³/mol. The van der Waals surface area contributed by atoms with Gasteiger partial charge in [0.05, 0.1) is 28.7 Å². The first-order chi connectivity index (χ1) is 19.6. The molecule has 9 nitrogen and oxygen atoms in total. The van der Waals surface area contributed by atoms with Gasteiger partial charge in [-0.2, -0.15) is 5.10 Å². The lowest BCUT2D eigenvalue weighted by Gasteiger charge is -2.24. The molecule has 202 valence electrons. The van der Waals surface area contributed by atoms with Gasteiger partial charge in [-0.05, 0) is 31.0 Å². The number of hydrogen-bond donors (Lipinski definition) is 2. The van der Waals surface area contributed by atoms with Crippen LogP contribution in [0.15, 0.2) is 83.7 Å². The number of hydrogen-bond acceptors (Lipinski definition) is 5. The summed E-state index contributed by atoms with van der Waals surface area (Å²) in [6, 6.07) is 24.4. The molecule has 2 aromatic heterocycles. The van der Waals surface area contributed by atoms with Crippen LogP contribution in [0.3, 0.4) is 0 Å². The Labute approximate surface area is 230 Å². The smallest absolute Gasteiger partial charge is 0.274 e. The van der Waals surface area contributed by atoms with Gasteiger partial charge in [-0.15, -0.1) is 0 Å². The van der Waals surface area contributed by atoms with Crippen LogP contribution in [0.4, 0.5) is 0 Å². The van der Waals surface area contributed by atoms with Crippen molar-refractivity contribution in [1.82, 2.24) is 30.0 Å². The molecule has 3 heterocycles. The summed E-state index contributed by atoms with van der Waals surface area (Å²) in [7, 11) is 0. The SMILES string of the molecule is O=C(NCCn1nc(-c2ccccc2)c2ccccc2c1=O)[C@@H]1CCCN1C(=O)CCc1nc2ccccc2[nH]1. The van der Waals surface area contributed by atoms with Gasteiger partial charge >= 0.3 is 0 Å². The van der Waals surface area contributed by atoms with Crippen molar-refractivity contribution in [3.63, 3.8) is 0 Å². The lowest BCUT2D eigenvalue weighted by molar-refractivity contribution is -0.138. The molecule has 0 bridgehead atoms. The Morgan fingerprint density at radius 1 is 0.950 bits per heavy atom. The quantitative estimate of drug-likeness (QED) is 0.315. The average molecular weight is 535 g/mol. The van der Waals surface area contributed by atoms with E-state index in [0.717, 1.165) is 39.9 Å². The van der Waals surface area contributed by atoms with Crippen LogP contribution in [-0.4, -0.2) is 55.6 Å². The van der Waals surface area contributed by atoms with Crippen LogP contribution in [0.2, 0.25) is 0 Å².